The Labute approximate surface area is 101 Å². The van der Waals surface area contributed by atoms with E-state index in [0.717, 1.165) is 6.54 Å². The molecule has 0 radical (unpaired) electrons. The molecule has 0 bridgehead atoms. The zero-order chi connectivity index (χ0) is 12.0. The first-order valence-corrected chi connectivity index (χ1v) is 6.92. The largest absolute Gasteiger partial charge is 0.356 e. The van der Waals surface area contributed by atoms with Gasteiger partial charge in [0.05, 0.1) is 0 Å². The third-order valence-electron chi connectivity index (χ3n) is 3.43. The fraction of sp³-hybridized carbons (Fsp3) is 0.857. The summed E-state index contributed by atoms with van der Waals surface area (Å²) in [4.78, 5) is 4.96. The van der Waals surface area contributed by atoms with Crippen LogP contribution in [-0.4, -0.2) is 28.6 Å². The van der Waals surface area contributed by atoms with Crippen molar-refractivity contribution < 1.29 is 0 Å². The highest BCUT2D eigenvalue weighted by Gasteiger charge is 2.25. The fourth-order valence-corrected chi connectivity index (χ4v) is 2.43. The lowest BCUT2D eigenvalue weighted by Crippen LogP contribution is -2.41. The van der Waals surface area contributed by atoms with E-state index in [2.05, 4.69) is 49.9 Å². The molecule has 2 heteroatoms. The van der Waals surface area contributed by atoms with Crippen LogP contribution in [0.15, 0.2) is 12.4 Å². The number of nitrogens with zero attached hydrogens (tertiary/aromatic N) is 2. The molecule has 1 unspecified atom stereocenters. The summed E-state index contributed by atoms with van der Waals surface area (Å²) in [5.74, 6) is 0. The van der Waals surface area contributed by atoms with Crippen molar-refractivity contribution in [3.63, 3.8) is 0 Å². The summed E-state index contributed by atoms with van der Waals surface area (Å²) in [6, 6.07) is 0.615. The molecule has 0 fully saturated rings. The molecule has 0 aliphatic carbocycles. The summed E-state index contributed by atoms with van der Waals surface area (Å²) < 4.78 is 0. The van der Waals surface area contributed by atoms with Crippen LogP contribution in [0.4, 0.5) is 0 Å². The molecule has 16 heavy (non-hydrogen) atoms. The molecule has 1 rings (SSSR count). The molecule has 0 aromatic carbocycles. The lowest BCUT2D eigenvalue weighted by atomic mass is 10.1. The Morgan fingerprint density at radius 2 is 1.81 bits per heavy atom. The van der Waals surface area contributed by atoms with Gasteiger partial charge in [-0.1, -0.05) is 26.2 Å². The molecule has 1 aliphatic heterocycles. The average molecular weight is 224 g/mol. The lowest BCUT2D eigenvalue weighted by Gasteiger charge is -2.34. The first-order valence-electron chi connectivity index (χ1n) is 6.92. The maximum absolute atomic E-state index is 2.50. The predicted octanol–water partition coefficient (Wildman–Crippen LogP) is 3.80. The van der Waals surface area contributed by atoms with E-state index in [-0.39, 0.29) is 0 Å². The normalized spacial score (nSPS) is 20.2. The van der Waals surface area contributed by atoms with Crippen molar-refractivity contribution in [1.82, 2.24) is 9.80 Å². The topological polar surface area (TPSA) is 6.48 Å². The highest BCUT2D eigenvalue weighted by atomic mass is 15.4. The number of rotatable bonds is 7. The second-order valence-electron chi connectivity index (χ2n) is 5.00. The maximum Gasteiger partial charge on any atom is 0.101 e. The van der Waals surface area contributed by atoms with Gasteiger partial charge in [-0.05, 0) is 33.6 Å². The van der Waals surface area contributed by atoms with Gasteiger partial charge in [-0.2, -0.15) is 0 Å². The van der Waals surface area contributed by atoms with E-state index in [1.807, 2.05) is 0 Å². The molecule has 0 saturated heterocycles. The van der Waals surface area contributed by atoms with Gasteiger partial charge in [0.25, 0.3) is 0 Å². The number of unbranched alkanes of at least 4 members (excludes halogenated alkanes) is 3. The van der Waals surface area contributed by atoms with Gasteiger partial charge in [-0.25, -0.2) is 0 Å². The molecule has 0 spiro atoms. The highest BCUT2D eigenvalue weighted by molar-refractivity contribution is 4.97. The Balaban J connectivity index is 2.39. The van der Waals surface area contributed by atoms with E-state index in [1.54, 1.807) is 0 Å². The molecule has 1 heterocycles. The van der Waals surface area contributed by atoms with Crippen LogP contribution in [-0.2, 0) is 0 Å². The summed E-state index contributed by atoms with van der Waals surface area (Å²) in [5, 5.41) is 0. The monoisotopic (exact) mass is 224 g/mol. The van der Waals surface area contributed by atoms with Gasteiger partial charge in [-0.3, -0.25) is 0 Å². The van der Waals surface area contributed by atoms with E-state index in [0.29, 0.717) is 12.2 Å². The van der Waals surface area contributed by atoms with Gasteiger partial charge >= 0.3 is 0 Å². The highest BCUT2D eigenvalue weighted by Crippen LogP contribution is 2.23. The first-order chi connectivity index (χ1) is 7.70. The number of hydrogen-bond acceptors (Lipinski definition) is 2. The van der Waals surface area contributed by atoms with Crippen LogP contribution in [0.5, 0.6) is 0 Å². The minimum atomic E-state index is 0.613. The molecule has 0 saturated carbocycles. The summed E-state index contributed by atoms with van der Waals surface area (Å²) in [7, 11) is 0. The predicted molar refractivity (Wildman–Crippen MR) is 71.0 cm³/mol. The van der Waals surface area contributed by atoms with Gasteiger partial charge < -0.3 is 9.80 Å². The van der Waals surface area contributed by atoms with Crippen LogP contribution in [0.1, 0.15) is 59.8 Å². The second kappa shape index (κ2) is 6.82. The smallest absolute Gasteiger partial charge is 0.101 e. The molecule has 2 nitrogen and oxygen atoms in total. The average Bonchev–Trinajstić information content (AvgIpc) is 2.67. The zero-order valence-electron chi connectivity index (χ0n) is 11.4. The van der Waals surface area contributed by atoms with Crippen LogP contribution in [0.25, 0.3) is 0 Å². The Bertz CT molecular complexity index is 211. The third kappa shape index (κ3) is 3.43. The van der Waals surface area contributed by atoms with Crippen LogP contribution in [0.2, 0.25) is 0 Å². The molecular formula is C14H28N2. The Kier molecular flexibility index (Phi) is 5.72. The quantitative estimate of drug-likeness (QED) is 0.607. The Hall–Kier alpha value is -0.660. The van der Waals surface area contributed by atoms with Crippen LogP contribution in [0, 0.1) is 0 Å². The lowest BCUT2D eigenvalue weighted by molar-refractivity contribution is 0.119. The number of hydrogen-bond donors (Lipinski definition) is 0. The van der Waals surface area contributed by atoms with Crippen LogP contribution >= 0.6 is 0 Å². The SMILES string of the molecule is CCCCCCC1N(CC)C=CN1C(C)C. The molecule has 1 aliphatic rings. The van der Waals surface area contributed by atoms with Crippen molar-refractivity contribution in [2.45, 2.75) is 72.0 Å². The summed E-state index contributed by atoms with van der Waals surface area (Å²) in [5.41, 5.74) is 0. The second-order valence-corrected chi connectivity index (χ2v) is 5.00. The summed E-state index contributed by atoms with van der Waals surface area (Å²) >= 11 is 0. The van der Waals surface area contributed by atoms with E-state index in [1.165, 1.54) is 32.1 Å². The van der Waals surface area contributed by atoms with Crippen molar-refractivity contribution >= 4 is 0 Å². The standard InChI is InChI=1S/C14H28N2/c1-5-7-8-9-10-14-15(6-2)11-12-16(14)13(3)4/h11-14H,5-10H2,1-4H3. The zero-order valence-corrected chi connectivity index (χ0v) is 11.4. The minimum Gasteiger partial charge on any atom is -0.356 e. The van der Waals surface area contributed by atoms with Gasteiger partial charge in [-0.15, -0.1) is 0 Å². The van der Waals surface area contributed by atoms with Gasteiger partial charge in [0.15, 0.2) is 0 Å². The van der Waals surface area contributed by atoms with Gasteiger partial charge in [0.1, 0.15) is 6.17 Å². The van der Waals surface area contributed by atoms with Gasteiger partial charge in [0, 0.05) is 25.0 Å². The molecule has 0 aromatic rings. The van der Waals surface area contributed by atoms with E-state index < -0.39 is 0 Å². The minimum absolute atomic E-state index is 0.613. The molecule has 1 atom stereocenters. The Morgan fingerprint density at radius 1 is 1.06 bits per heavy atom. The van der Waals surface area contributed by atoms with E-state index in [9.17, 15) is 0 Å². The maximum atomic E-state index is 2.50. The first kappa shape index (κ1) is 13.4. The molecule has 0 N–H and O–H groups in total. The van der Waals surface area contributed by atoms with E-state index >= 15 is 0 Å². The van der Waals surface area contributed by atoms with Crippen molar-refractivity contribution in [1.29, 1.82) is 0 Å². The fourth-order valence-electron chi connectivity index (χ4n) is 2.43. The molecule has 94 valence electrons. The molecule has 0 amide bonds. The van der Waals surface area contributed by atoms with Crippen molar-refractivity contribution in [3.05, 3.63) is 12.4 Å². The molecule has 0 aromatic heterocycles. The van der Waals surface area contributed by atoms with E-state index in [4.69, 9.17) is 0 Å². The van der Waals surface area contributed by atoms with Crippen LogP contribution < -0.4 is 0 Å². The van der Waals surface area contributed by atoms with Crippen molar-refractivity contribution in [2.75, 3.05) is 6.54 Å². The summed E-state index contributed by atoms with van der Waals surface area (Å²) in [6.07, 6.45) is 11.9. The Morgan fingerprint density at radius 3 is 2.38 bits per heavy atom. The van der Waals surface area contributed by atoms with Gasteiger partial charge in [0.2, 0.25) is 0 Å². The molecular weight excluding hydrogens is 196 g/mol. The third-order valence-corrected chi connectivity index (χ3v) is 3.43. The summed E-state index contributed by atoms with van der Waals surface area (Å²) in [6.45, 7) is 10.2. The van der Waals surface area contributed by atoms with Crippen LogP contribution in [0.3, 0.4) is 0 Å². The van der Waals surface area contributed by atoms with Crippen molar-refractivity contribution in [2.24, 2.45) is 0 Å². The van der Waals surface area contributed by atoms with Crippen molar-refractivity contribution in [3.8, 4) is 0 Å².